The normalized spacial score (nSPS) is 16.2. The number of imide groups is 1. The SMILES string of the molecule is CCOc1cc(CN2C(=O)c3cccc(N4CCCCC4)c3C2=O)ccc1OC. The molecule has 0 bridgehead atoms. The van der Waals surface area contributed by atoms with Gasteiger partial charge in [-0.05, 0) is 56.0 Å². The molecule has 0 saturated carbocycles. The second-order valence-electron chi connectivity index (χ2n) is 7.36. The number of nitrogens with zero attached hydrogens (tertiary/aromatic N) is 2. The first-order chi connectivity index (χ1) is 14.1. The lowest BCUT2D eigenvalue weighted by molar-refractivity contribution is 0.0642. The number of hydrogen-bond donors (Lipinski definition) is 0. The summed E-state index contributed by atoms with van der Waals surface area (Å²) < 4.78 is 10.9. The minimum atomic E-state index is -0.238. The topological polar surface area (TPSA) is 59.1 Å². The fraction of sp³-hybridized carbons (Fsp3) is 0.391. The maximum atomic E-state index is 13.2. The van der Waals surface area contributed by atoms with Crippen LogP contribution >= 0.6 is 0 Å². The number of rotatable bonds is 6. The van der Waals surface area contributed by atoms with Crippen LogP contribution < -0.4 is 14.4 Å². The molecule has 6 nitrogen and oxygen atoms in total. The first kappa shape index (κ1) is 19.3. The zero-order chi connectivity index (χ0) is 20.4. The minimum Gasteiger partial charge on any atom is -0.493 e. The fourth-order valence-corrected chi connectivity index (χ4v) is 4.13. The van der Waals surface area contributed by atoms with Crippen molar-refractivity contribution in [1.29, 1.82) is 0 Å². The van der Waals surface area contributed by atoms with Crippen molar-refractivity contribution in [3.8, 4) is 11.5 Å². The van der Waals surface area contributed by atoms with Crippen LogP contribution in [0.4, 0.5) is 5.69 Å². The first-order valence-electron chi connectivity index (χ1n) is 10.2. The molecule has 2 aromatic rings. The van der Waals surface area contributed by atoms with E-state index in [0.29, 0.717) is 29.2 Å². The standard InChI is InChI=1S/C23H26N2O4/c1-3-29-20-14-16(10-11-19(20)28-2)15-25-22(26)17-8-7-9-18(21(17)23(25)27)24-12-5-4-6-13-24/h7-11,14H,3-6,12-13,15H2,1-2H3. The highest BCUT2D eigenvalue weighted by Gasteiger charge is 2.38. The molecule has 4 rings (SSSR count). The lowest BCUT2D eigenvalue weighted by Gasteiger charge is -2.30. The number of carbonyl (C=O) groups excluding carboxylic acids is 2. The van der Waals surface area contributed by atoms with E-state index in [0.717, 1.165) is 37.2 Å². The Labute approximate surface area is 171 Å². The van der Waals surface area contributed by atoms with Crippen molar-refractivity contribution in [2.45, 2.75) is 32.7 Å². The number of ether oxygens (including phenoxy) is 2. The van der Waals surface area contributed by atoms with Crippen molar-refractivity contribution < 1.29 is 19.1 Å². The van der Waals surface area contributed by atoms with Crippen LogP contribution in [0, 0.1) is 0 Å². The molecule has 2 amide bonds. The maximum absolute atomic E-state index is 13.2. The molecule has 0 N–H and O–H groups in total. The van der Waals surface area contributed by atoms with Gasteiger partial charge in [-0.15, -0.1) is 0 Å². The van der Waals surface area contributed by atoms with Crippen molar-refractivity contribution in [3.63, 3.8) is 0 Å². The first-order valence-corrected chi connectivity index (χ1v) is 10.2. The molecule has 1 fully saturated rings. The molecule has 0 radical (unpaired) electrons. The van der Waals surface area contributed by atoms with Gasteiger partial charge in [0, 0.05) is 13.1 Å². The molecule has 0 unspecified atom stereocenters. The summed E-state index contributed by atoms with van der Waals surface area (Å²) in [6, 6.07) is 11.1. The van der Waals surface area contributed by atoms with E-state index in [4.69, 9.17) is 9.47 Å². The summed E-state index contributed by atoms with van der Waals surface area (Å²) in [5.74, 6) is 0.779. The lowest BCUT2D eigenvalue weighted by atomic mass is 10.0. The Morgan fingerprint density at radius 2 is 1.76 bits per heavy atom. The summed E-state index contributed by atoms with van der Waals surface area (Å²) in [7, 11) is 1.59. The molecular weight excluding hydrogens is 368 g/mol. The molecule has 2 heterocycles. The molecule has 0 atom stereocenters. The Balaban J connectivity index is 1.62. The molecule has 2 aromatic carbocycles. The van der Waals surface area contributed by atoms with Crippen LogP contribution in [0.3, 0.4) is 0 Å². The summed E-state index contributed by atoms with van der Waals surface area (Å²) in [6.45, 7) is 4.46. The van der Waals surface area contributed by atoms with Gasteiger partial charge in [-0.1, -0.05) is 12.1 Å². The zero-order valence-corrected chi connectivity index (χ0v) is 16.9. The van der Waals surface area contributed by atoms with Crippen LogP contribution in [-0.4, -0.2) is 43.5 Å². The Hall–Kier alpha value is -3.02. The third-order valence-electron chi connectivity index (χ3n) is 5.54. The highest BCUT2D eigenvalue weighted by Crippen LogP contribution is 2.35. The van der Waals surface area contributed by atoms with Gasteiger partial charge in [0.15, 0.2) is 11.5 Å². The molecule has 2 aliphatic heterocycles. The van der Waals surface area contributed by atoms with E-state index >= 15 is 0 Å². The predicted molar refractivity (Wildman–Crippen MR) is 111 cm³/mol. The molecule has 2 aliphatic rings. The summed E-state index contributed by atoms with van der Waals surface area (Å²) in [6.07, 6.45) is 3.44. The molecule has 6 heteroatoms. The number of piperidine rings is 1. The van der Waals surface area contributed by atoms with Crippen LogP contribution in [-0.2, 0) is 6.54 Å². The van der Waals surface area contributed by atoms with Crippen LogP contribution in [0.25, 0.3) is 0 Å². The van der Waals surface area contributed by atoms with Crippen LogP contribution in [0.1, 0.15) is 52.5 Å². The van der Waals surface area contributed by atoms with E-state index < -0.39 is 0 Å². The summed E-state index contributed by atoms with van der Waals surface area (Å²) >= 11 is 0. The molecule has 29 heavy (non-hydrogen) atoms. The van der Waals surface area contributed by atoms with Crippen molar-refractivity contribution in [2.24, 2.45) is 0 Å². The average molecular weight is 394 g/mol. The van der Waals surface area contributed by atoms with Gasteiger partial charge in [-0.25, -0.2) is 0 Å². The summed E-state index contributed by atoms with van der Waals surface area (Å²) in [5.41, 5.74) is 2.74. The molecule has 0 aromatic heterocycles. The number of methoxy groups -OCH3 is 1. The third-order valence-corrected chi connectivity index (χ3v) is 5.54. The third kappa shape index (κ3) is 3.55. The van der Waals surface area contributed by atoms with Crippen molar-refractivity contribution >= 4 is 17.5 Å². The van der Waals surface area contributed by atoms with Gasteiger partial charge in [0.2, 0.25) is 0 Å². The van der Waals surface area contributed by atoms with Crippen LogP contribution in [0.5, 0.6) is 11.5 Å². The van der Waals surface area contributed by atoms with Gasteiger partial charge in [0.1, 0.15) is 0 Å². The molecule has 0 spiro atoms. The highest BCUT2D eigenvalue weighted by molar-refractivity contribution is 6.23. The smallest absolute Gasteiger partial charge is 0.263 e. The van der Waals surface area contributed by atoms with Crippen molar-refractivity contribution in [3.05, 3.63) is 53.1 Å². The predicted octanol–water partition coefficient (Wildman–Crippen LogP) is 3.88. The minimum absolute atomic E-state index is 0.204. The lowest BCUT2D eigenvalue weighted by Crippen LogP contribution is -2.32. The summed E-state index contributed by atoms with van der Waals surface area (Å²) in [5, 5.41) is 0. The van der Waals surface area contributed by atoms with Gasteiger partial charge < -0.3 is 14.4 Å². The number of amides is 2. The Morgan fingerprint density at radius 3 is 2.48 bits per heavy atom. The van der Waals surface area contributed by atoms with Crippen molar-refractivity contribution in [1.82, 2.24) is 4.90 Å². The van der Waals surface area contributed by atoms with E-state index in [2.05, 4.69) is 4.90 Å². The van der Waals surface area contributed by atoms with Gasteiger partial charge in [-0.3, -0.25) is 14.5 Å². The molecule has 152 valence electrons. The van der Waals surface area contributed by atoms with Gasteiger partial charge in [-0.2, -0.15) is 0 Å². The zero-order valence-electron chi connectivity index (χ0n) is 16.9. The number of fused-ring (bicyclic) bond motifs is 1. The van der Waals surface area contributed by atoms with Gasteiger partial charge >= 0.3 is 0 Å². The van der Waals surface area contributed by atoms with Crippen LogP contribution in [0.15, 0.2) is 36.4 Å². The number of anilines is 1. The second-order valence-corrected chi connectivity index (χ2v) is 7.36. The Kier molecular flexibility index (Phi) is 5.43. The average Bonchev–Trinajstić information content (AvgIpc) is 3.00. The van der Waals surface area contributed by atoms with Crippen molar-refractivity contribution in [2.75, 3.05) is 31.7 Å². The van der Waals surface area contributed by atoms with E-state index in [1.807, 2.05) is 31.2 Å². The van der Waals surface area contributed by atoms with E-state index in [1.54, 1.807) is 19.2 Å². The van der Waals surface area contributed by atoms with E-state index in [9.17, 15) is 9.59 Å². The Morgan fingerprint density at radius 1 is 0.966 bits per heavy atom. The monoisotopic (exact) mass is 394 g/mol. The number of benzene rings is 2. The molecule has 0 aliphatic carbocycles. The second kappa shape index (κ2) is 8.15. The molecule has 1 saturated heterocycles. The quantitative estimate of drug-likeness (QED) is 0.696. The number of carbonyl (C=O) groups is 2. The Bertz CT molecular complexity index is 934. The largest absolute Gasteiger partial charge is 0.493 e. The van der Waals surface area contributed by atoms with Gasteiger partial charge in [0.05, 0.1) is 37.1 Å². The van der Waals surface area contributed by atoms with E-state index in [1.165, 1.54) is 11.3 Å². The van der Waals surface area contributed by atoms with Gasteiger partial charge in [0.25, 0.3) is 11.8 Å². The maximum Gasteiger partial charge on any atom is 0.263 e. The van der Waals surface area contributed by atoms with Crippen LogP contribution in [0.2, 0.25) is 0 Å². The highest BCUT2D eigenvalue weighted by atomic mass is 16.5. The molecular formula is C23H26N2O4. The fourth-order valence-electron chi connectivity index (χ4n) is 4.13. The van der Waals surface area contributed by atoms with E-state index in [-0.39, 0.29) is 18.4 Å². The number of hydrogen-bond acceptors (Lipinski definition) is 5. The summed E-state index contributed by atoms with van der Waals surface area (Å²) in [4.78, 5) is 29.8.